The summed E-state index contributed by atoms with van der Waals surface area (Å²) in [6.07, 6.45) is 8.99. The number of rotatable bonds is 10. The molecule has 3 fully saturated rings. The van der Waals surface area contributed by atoms with Crippen LogP contribution in [0.25, 0.3) is 11.2 Å². The maximum Gasteiger partial charge on any atom is 0.234 e. The van der Waals surface area contributed by atoms with Crippen LogP contribution in [0.2, 0.25) is 0 Å². The van der Waals surface area contributed by atoms with E-state index in [1.165, 1.54) is 24.6 Å². The zero-order chi connectivity index (χ0) is 35.6. The zero-order valence-electron chi connectivity index (χ0n) is 29.4. The van der Waals surface area contributed by atoms with Crippen molar-refractivity contribution in [2.24, 2.45) is 0 Å². The molecule has 52 heavy (non-hydrogen) atoms. The molecule has 3 aliphatic rings. The van der Waals surface area contributed by atoms with E-state index in [0.29, 0.717) is 36.6 Å². The fourth-order valence-corrected chi connectivity index (χ4v) is 8.01. The van der Waals surface area contributed by atoms with Gasteiger partial charge in [0.25, 0.3) is 0 Å². The molecule has 8 rings (SSSR count). The fourth-order valence-electron chi connectivity index (χ4n) is 8.01. The van der Waals surface area contributed by atoms with Crippen LogP contribution in [-0.4, -0.2) is 62.4 Å². The van der Waals surface area contributed by atoms with Gasteiger partial charge in [-0.1, -0.05) is 43.2 Å². The maximum absolute atomic E-state index is 15.1. The summed E-state index contributed by atoms with van der Waals surface area (Å²) in [6.45, 7) is 2.47. The fraction of sp³-hybridized carbons (Fsp3) is 0.375. The maximum atomic E-state index is 15.1. The largest absolute Gasteiger partial charge is 0.371 e. The third-order valence-corrected chi connectivity index (χ3v) is 10.8. The molecule has 12 heteroatoms. The highest BCUT2D eigenvalue weighted by Gasteiger charge is 2.30. The summed E-state index contributed by atoms with van der Waals surface area (Å²) in [5.41, 5.74) is 5.92. The number of amides is 2. The van der Waals surface area contributed by atoms with Gasteiger partial charge in [0.05, 0.1) is 12.1 Å². The number of aromatic nitrogens is 4. The monoisotopic (exact) mass is 701 g/mol. The molecule has 4 heterocycles. The van der Waals surface area contributed by atoms with E-state index in [1.807, 2.05) is 36.4 Å². The first-order valence-corrected chi connectivity index (χ1v) is 18.4. The number of imidazole rings is 1. The molecule has 3 aromatic carbocycles. The highest BCUT2D eigenvalue weighted by molar-refractivity contribution is 6.01. The Balaban J connectivity index is 0.878. The minimum Gasteiger partial charge on any atom is -0.371 e. The molecule has 1 unspecified atom stereocenters. The molecule has 2 amide bonds. The molecular weight excluding hydrogens is 657 g/mol. The second-order valence-electron chi connectivity index (χ2n) is 14.3. The molecule has 2 aliphatic heterocycles. The zero-order valence-corrected chi connectivity index (χ0v) is 29.4. The summed E-state index contributed by atoms with van der Waals surface area (Å²) in [6, 6.07) is 24.4. The number of hydrogen-bond donors (Lipinski definition) is 3. The summed E-state index contributed by atoms with van der Waals surface area (Å²) in [5.74, 6) is -0.382. The Hall–Kier alpha value is -5.36. The summed E-state index contributed by atoms with van der Waals surface area (Å²) in [7, 11) is 2.09. The summed E-state index contributed by atoms with van der Waals surface area (Å²) < 4.78 is 17.3. The lowest BCUT2D eigenvalue weighted by Gasteiger charge is -2.38. The number of carbonyl (C=O) groups excluding carboxylic acids is 2. The van der Waals surface area contributed by atoms with Gasteiger partial charge in [-0.05, 0) is 87.2 Å². The van der Waals surface area contributed by atoms with Gasteiger partial charge in [0.2, 0.25) is 23.7 Å². The normalized spacial score (nSPS) is 18.7. The van der Waals surface area contributed by atoms with E-state index in [9.17, 15) is 9.59 Å². The van der Waals surface area contributed by atoms with Crippen LogP contribution in [0.15, 0.2) is 79.0 Å². The lowest BCUT2D eigenvalue weighted by atomic mass is 9.89. The third-order valence-electron chi connectivity index (χ3n) is 10.8. The molecule has 3 N–H and O–H groups in total. The van der Waals surface area contributed by atoms with Crippen molar-refractivity contribution < 1.29 is 14.0 Å². The van der Waals surface area contributed by atoms with Crippen molar-refractivity contribution >= 4 is 51.9 Å². The van der Waals surface area contributed by atoms with Crippen molar-refractivity contribution in [1.29, 1.82) is 0 Å². The number of nitrogens with one attached hydrogen (secondary N) is 3. The van der Waals surface area contributed by atoms with Crippen molar-refractivity contribution in [3.8, 4) is 0 Å². The highest BCUT2D eigenvalue weighted by Crippen LogP contribution is 2.36. The SMILES string of the molecule is CN(Cc1ccc(C2CCC(=O)NC2=O)c(F)c1)C1CCN(c2ccc(Nc3ncc4nc(Nc5ccccc5)n(C5CCCC5)c4n3)cc2)CC1. The van der Waals surface area contributed by atoms with Crippen LogP contribution in [0.5, 0.6) is 0 Å². The van der Waals surface area contributed by atoms with Gasteiger partial charge in [0.1, 0.15) is 11.3 Å². The molecule has 2 aromatic heterocycles. The average molecular weight is 702 g/mol. The highest BCUT2D eigenvalue weighted by atomic mass is 19.1. The molecular formula is C40H44FN9O2. The number of halogens is 1. The number of para-hydroxylation sites is 1. The van der Waals surface area contributed by atoms with Gasteiger partial charge in [-0.3, -0.25) is 24.4 Å². The minimum absolute atomic E-state index is 0.231. The van der Waals surface area contributed by atoms with E-state index >= 15 is 4.39 Å². The third kappa shape index (κ3) is 7.20. The molecule has 11 nitrogen and oxygen atoms in total. The number of piperidine rings is 2. The molecule has 5 aromatic rings. The first kappa shape index (κ1) is 33.8. The molecule has 1 saturated carbocycles. The van der Waals surface area contributed by atoms with E-state index in [2.05, 4.69) is 66.6 Å². The van der Waals surface area contributed by atoms with Crippen molar-refractivity contribution in [2.75, 3.05) is 35.7 Å². The van der Waals surface area contributed by atoms with Gasteiger partial charge in [-0.25, -0.2) is 14.4 Å². The van der Waals surface area contributed by atoms with Crippen molar-refractivity contribution in [3.63, 3.8) is 0 Å². The number of benzene rings is 3. The predicted octanol–water partition coefficient (Wildman–Crippen LogP) is 7.19. The number of anilines is 5. The Labute approximate surface area is 302 Å². The Bertz CT molecular complexity index is 2060. The molecule has 0 spiro atoms. The standard InChI is InChI=1S/C40H44FN9O2/c1-48(25-26-11-16-32(34(41)23-26)33-17-18-36(51)46-38(33)52)29-19-21-49(22-20-29)30-14-12-28(13-15-30)43-39-42-24-35-37(47-39)50(31-9-5-6-10-31)40(45-35)44-27-7-3-2-4-8-27/h2-4,7-8,11-16,23-24,29,31,33H,5-6,9-10,17-22,25H2,1H3,(H,44,45)(H,42,43,47)(H,46,51,52). The number of imide groups is 1. The van der Waals surface area contributed by atoms with Gasteiger partial charge >= 0.3 is 0 Å². The van der Waals surface area contributed by atoms with Crippen LogP contribution in [0.1, 0.15) is 74.5 Å². The van der Waals surface area contributed by atoms with Crippen LogP contribution in [0, 0.1) is 5.82 Å². The predicted molar refractivity (Wildman–Crippen MR) is 201 cm³/mol. The second-order valence-corrected chi connectivity index (χ2v) is 14.3. The van der Waals surface area contributed by atoms with Crippen LogP contribution < -0.4 is 20.9 Å². The van der Waals surface area contributed by atoms with Gasteiger partial charge in [0, 0.05) is 60.8 Å². The summed E-state index contributed by atoms with van der Waals surface area (Å²) >= 11 is 0. The summed E-state index contributed by atoms with van der Waals surface area (Å²) in [4.78, 5) is 42.9. The van der Waals surface area contributed by atoms with Gasteiger partial charge in [-0.15, -0.1) is 0 Å². The van der Waals surface area contributed by atoms with Crippen LogP contribution in [-0.2, 0) is 16.1 Å². The quantitative estimate of drug-likeness (QED) is 0.130. The number of carbonyl (C=O) groups is 2. The minimum atomic E-state index is -0.620. The van der Waals surface area contributed by atoms with Crippen LogP contribution in [0.4, 0.5) is 33.3 Å². The van der Waals surface area contributed by atoms with Gasteiger partial charge in [-0.2, -0.15) is 4.98 Å². The van der Waals surface area contributed by atoms with Crippen LogP contribution in [0.3, 0.4) is 0 Å². The molecule has 268 valence electrons. The van der Waals surface area contributed by atoms with Crippen molar-refractivity contribution in [3.05, 3.63) is 95.9 Å². The first-order valence-electron chi connectivity index (χ1n) is 18.4. The van der Waals surface area contributed by atoms with E-state index in [-0.39, 0.29) is 18.1 Å². The molecule has 1 aliphatic carbocycles. The van der Waals surface area contributed by atoms with Crippen molar-refractivity contribution in [1.82, 2.24) is 29.7 Å². The number of nitrogens with zero attached hydrogens (tertiary/aromatic N) is 6. The second kappa shape index (κ2) is 14.7. The lowest BCUT2D eigenvalue weighted by molar-refractivity contribution is -0.134. The molecule has 0 bridgehead atoms. The summed E-state index contributed by atoms with van der Waals surface area (Å²) in [5, 5.41) is 9.24. The van der Waals surface area contributed by atoms with Gasteiger partial charge < -0.3 is 15.5 Å². The van der Waals surface area contributed by atoms with E-state index < -0.39 is 11.8 Å². The number of fused-ring (bicyclic) bond motifs is 1. The average Bonchev–Trinajstić information content (AvgIpc) is 3.81. The molecule has 1 atom stereocenters. The smallest absolute Gasteiger partial charge is 0.234 e. The van der Waals surface area contributed by atoms with Crippen LogP contribution >= 0.6 is 0 Å². The Morgan fingerprint density at radius 3 is 2.37 bits per heavy atom. The van der Waals surface area contributed by atoms with Crippen molar-refractivity contribution in [2.45, 2.75) is 75.9 Å². The topological polar surface area (TPSA) is 120 Å². The van der Waals surface area contributed by atoms with E-state index in [0.717, 1.165) is 72.8 Å². The Morgan fingerprint density at radius 2 is 1.63 bits per heavy atom. The first-order chi connectivity index (χ1) is 25.4. The number of hydrogen-bond acceptors (Lipinski definition) is 9. The van der Waals surface area contributed by atoms with Gasteiger partial charge in [0.15, 0.2) is 5.65 Å². The van der Waals surface area contributed by atoms with E-state index in [4.69, 9.17) is 9.97 Å². The Morgan fingerprint density at radius 1 is 0.885 bits per heavy atom. The molecule has 2 saturated heterocycles. The lowest BCUT2D eigenvalue weighted by Crippen LogP contribution is -2.43. The van der Waals surface area contributed by atoms with E-state index in [1.54, 1.807) is 12.3 Å². The molecule has 0 radical (unpaired) electrons. The Kier molecular flexibility index (Phi) is 9.55.